The molecule has 2 rings (SSSR count). The number of nitriles is 1. The van der Waals surface area contributed by atoms with E-state index in [4.69, 9.17) is 15.7 Å². The van der Waals surface area contributed by atoms with Gasteiger partial charge in [-0.15, -0.1) is 0 Å². The zero-order valence-electron chi connectivity index (χ0n) is 11.7. The van der Waals surface area contributed by atoms with Gasteiger partial charge in [-0.05, 0) is 54.0 Å². The Morgan fingerprint density at radius 1 is 1.43 bits per heavy atom. The highest BCUT2D eigenvalue weighted by atomic mass is 127. The van der Waals surface area contributed by atoms with Crippen LogP contribution in [0.15, 0.2) is 12.1 Å². The Morgan fingerprint density at radius 3 is 2.71 bits per heavy atom. The lowest BCUT2D eigenvalue weighted by Crippen LogP contribution is -2.33. The summed E-state index contributed by atoms with van der Waals surface area (Å²) < 4.78 is 30.1. The van der Waals surface area contributed by atoms with Gasteiger partial charge in [-0.2, -0.15) is 5.26 Å². The smallest absolute Gasteiger partial charge is 0.155 e. The summed E-state index contributed by atoms with van der Waals surface area (Å²) in [5.41, 5.74) is 6.84. The Bertz CT molecular complexity index is 659. The normalized spacial score (nSPS) is 22.5. The number of nitrogens with zero attached hydrogens (tertiary/aromatic N) is 1. The minimum absolute atomic E-state index is 0.151. The molecule has 0 heterocycles. The fourth-order valence-electron chi connectivity index (χ4n) is 2.57. The van der Waals surface area contributed by atoms with Crippen LogP contribution in [-0.2, 0) is 9.84 Å². The van der Waals surface area contributed by atoms with Crippen molar-refractivity contribution in [2.24, 2.45) is 0 Å². The first-order chi connectivity index (χ1) is 9.81. The molecule has 0 radical (unpaired) electrons. The standard InChI is InChI=1S/C14H17IN2O3S/c1-21(18,19)11-4-2-3-10(7-11)20-14-12(15)5-9(8-16)6-13(14)17/h5-6,10-11H,2-4,7,17H2,1H3. The molecule has 0 saturated heterocycles. The van der Waals surface area contributed by atoms with E-state index in [0.717, 1.165) is 16.4 Å². The molecule has 1 fully saturated rings. The molecule has 114 valence electrons. The third kappa shape index (κ3) is 4.01. The molecule has 1 aliphatic carbocycles. The van der Waals surface area contributed by atoms with Crippen LogP contribution < -0.4 is 10.5 Å². The number of nitrogens with two attached hydrogens (primary N) is 1. The largest absolute Gasteiger partial charge is 0.487 e. The van der Waals surface area contributed by atoms with Gasteiger partial charge < -0.3 is 10.5 Å². The monoisotopic (exact) mass is 420 g/mol. The van der Waals surface area contributed by atoms with Crippen molar-refractivity contribution in [3.63, 3.8) is 0 Å². The molecule has 0 aliphatic heterocycles. The average Bonchev–Trinajstić information content (AvgIpc) is 2.42. The van der Waals surface area contributed by atoms with Crippen molar-refractivity contribution in [2.45, 2.75) is 37.0 Å². The van der Waals surface area contributed by atoms with Gasteiger partial charge >= 0.3 is 0 Å². The Kier molecular flexibility index (Phi) is 4.99. The zero-order valence-corrected chi connectivity index (χ0v) is 14.6. The number of benzene rings is 1. The summed E-state index contributed by atoms with van der Waals surface area (Å²) in [6, 6.07) is 5.34. The summed E-state index contributed by atoms with van der Waals surface area (Å²) in [4.78, 5) is 0. The maximum absolute atomic E-state index is 11.7. The number of anilines is 1. The van der Waals surface area contributed by atoms with E-state index in [9.17, 15) is 8.42 Å². The quantitative estimate of drug-likeness (QED) is 0.599. The second kappa shape index (κ2) is 6.40. The molecule has 0 spiro atoms. The molecule has 1 aromatic rings. The van der Waals surface area contributed by atoms with Gasteiger partial charge in [-0.25, -0.2) is 8.42 Å². The van der Waals surface area contributed by atoms with Crippen LogP contribution in [0.4, 0.5) is 5.69 Å². The lowest BCUT2D eigenvalue weighted by molar-refractivity contribution is 0.156. The molecule has 2 N–H and O–H groups in total. The topological polar surface area (TPSA) is 93.2 Å². The summed E-state index contributed by atoms with van der Waals surface area (Å²) in [5, 5.41) is 8.57. The molecule has 0 amide bonds. The molecule has 0 bridgehead atoms. The molecule has 5 nitrogen and oxygen atoms in total. The van der Waals surface area contributed by atoms with E-state index in [1.54, 1.807) is 12.1 Å². The molecule has 1 aromatic carbocycles. The SMILES string of the molecule is CS(=O)(=O)C1CCCC(Oc2c(N)cc(C#N)cc2I)C1. The van der Waals surface area contributed by atoms with Crippen LogP contribution in [0.25, 0.3) is 0 Å². The Morgan fingerprint density at radius 2 is 2.14 bits per heavy atom. The highest BCUT2D eigenvalue weighted by molar-refractivity contribution is 14.1. The number of nitrogen functional groups attached to an aromatic ring is 1. The first-order valence-corrected chi connectivity index (χ1v) is 9.69. The van der Waals surface area contributed by atoms with E-state index >= 15 is 0 Å². The highest BCUT2D eigenvalue weighted by Crippen LogP contribution is 2.34. The molecule has 21 heavy (non-hydrogen) atoms. The van der Waals surface area contributed by atoms with Crippen molar-refractivity contribution in [1.29, 1.82) is 5.26 Å². The van der Waals surface area contributed by atoms with Crippen LogP contribution in [0.5, 0.6) is 5.75 Å². The number of hydrogen-bond acceptors (Lipinski definition) is 5. The van der Waals surface area contributed by atoms with Crippen molar-refractivity contribution >= 4 is 38.1 Å². The van der Waals surface area contributed by atoms with Crippen LogP contribution >= 0.6 is 22.6 Å². The summed E-state index contributed by atoms with van der Waals surface area (Å²) >= 11 is 2.08. The van der Waals surface area contributed by atoms with Crippen LogP contribution in [0.3, 0.4) is 0 Å². The predicted molar refractivity (Wildman–Crippen MR) is 89.8 cm³/mol. The third-order valence-corrected chi connectivity index (χ3v) is 6.11. The predicted octanol–water partition coefficient (Wildman–Crippen LogP) is 2.48. The van der Waals surface area contributed by atoms with E-state index in [0.29, 0.717) is 29.8 Å². The van der Waals surface area contributed by atoms with Crippen LogP contribution in [-0.4, -0.2) is 26.0 Å². The van der Waals surface area contributed by atoms with Crippen molar-refractivity contribution in [3.8, 4) is 11.8 Å². The van der Waals surface area contributed by atoms with Gasteiger partial charge in [0.25, 0.3) is 0 Å². The second-order valence-electron chi connectivity index (χ2n) is 5.35. The van der Waals surface area contributed by atoms with E-state index in [2.05, 4.69) is 22.6 Å². The number of sulfone groups is 1. The van der Waals surface area contributed by atoms with Gasteiger partial charge in [0.1, 0.15) is 15.9 Å². The van der Waals surface area contributed by atoms with Crippen molar-refractivity contribution in [2.75, 3.05) is 12.0 Å². The number of halogens is 1. The van der Waals surface area contributed by atoms with Gasteiger partial charge in [0.2, 0.25) is 0 Å². The maximum Gasteiger partial charge on any atom is 0.155 e. The zero-order chi connectivity index (χ0) is 15.6. The van der Waals surface area contributed by atoms with Crippen molar-refractivity contribution < 1.29 is 13.2 Å². The molecular formula is C14H17IN2O3S. The van der Waals surface area contributed by atoms with E-state index in [-0.39, 0.29) is 11.4 Å². The molecule has 2 atom stereocenters. The van der Waals surface area contributed by atoms with Gasteiger partial charge in [-0.1, -0.05) is 0 Å². The summed E-state index contributed by atoms with van der Waals surface area (Å²) in [6.45, 7) is 0. The fraction of sp³-hybridized carbons (Fsp3) is 0.500. The summed E-state index contributed by atoms with van der Waals surface area (Å²) in [6.07, 6.45) is 3.96. The highest BCUT2D eigenvalue weighted by Gasteiger charge is 2.30. The van der Waals surface area contributed by atoms with E-state index in [1.165, 1.54) is 6.26 Å². The van der Waals surface area contributed by atoms with Crippen LogP contribution in [0.1, 0.15) is 31.2 Å². The summed E-state index contributed by atoms with van der Waals surface area (Å²) in [5.74, 6) is 0.550. The lowest BCUT2D eigenvalue weighted by atomic mass is 9.97. The van der Waals surface area contributed by atoms with E-state index in [1.807, 2.05) is 6.07 Å². The summed E-state index contributed by atoms with van der Waals surface area (Å²) in [7, 11) is -3.04. The number of hydrogen-bond donors (Lipinski definition) is 1. The lowest BCUT2D eigenvalue weighted by Gasteiger charge is -2.29. The third-order valence-electron chi connectivity index (χ3n) is 3.67. The molecule has 1 aliphatic rings. The number of rotatable bonds is 3. The molecular weight excluding hydrogens is 403 g/mol. The fourth-order valence-corrected chi connectivity index (χ4v) is 4.50. The first kappa shape index (κ1) is 16.4. The van der Waals surface area contributed by atoms with Crippen molar-refractivity contribution in [1.82, 2.24) is 0 Å². The average molecular weight is 420 g/mol. The first-order valence-electron chi connectivity index (χ1n) is 6.66. The van der Waals surface area contributed by atoms with Gasteiger partial charge in [0, 0.05) is 12.7 Å². The minimum Gasteiger partial charge on any atom is -0.487 e. The Balaban J connectivity index is 2.17. The molecule has 1 saturated carbocycles. The molecule has 0 aromatic heterocycles. The van der Waals surface area contributed by atoms with Crippen LogP contribution in [0, 0.1) is 14.9 Å². The molecule has 2 unspecified atom stereocenters. The Labute approximate surface area is 138 Å². The van der Waals surface area contributed by atoms with Crippen LogP contribution in [0.2, 0.25) is 0 Å². The number of ether oxygens (including phenoxy) is 1. The van der Waals surface area contributed by atoms with Gasteiger partial charge in [-0.3, -0.25) is 0 Å². The second-order valence-corrected chi connectivity index (χ2v) is 8.83. The van der Waals surface area contributed by atoms with Crippen molar-refractivity contribution in [3.05, 3.63) is 21.3 Å². The van der Waals surface area contributed by atoms with E-state index < -0.39 is 9.84 Å². The Hall–Kier alpha value is -1.01. The van der Waals surface area contributed by atoms with Gasteiger partial charge in [0.15, 0.2) is 5.75 Å². The van der Waals surface area contributed by atoms with Gasteiger partial charge in [0.05, 0.1) is 26.1 Å². The molecule has 7 heteroatoms. The minimum atomic E-state index is -3.04. The maximum atomic E-state index is 11.7.